The number of aromatic hydroxyl groups is 1. The van der Waals surface area contributed by atoms with Crippen LogP contribution in [0.25, 0.3) is 0 Å². The molecular formula is C15H21NO. The van der Waals surface area contributed by atoms with Crippen LogP contribution < -0.4 is 0 Å². The van der Waals surface area contributed by atoms with Crippen molar-refractivity contribution in [2.45, 2.75) is 44.1 Å². The Morgan fingerprint density at radius 1 is 0.882 bits per heavy atom. The number of nitrogens with zero attached hydrogens (tertiary/aromatic N) is 1. The first-order valence-electron chi connectivity index (χ1n) is 6.86. The lowest BCUT2D eigenvalue weighted by molar-refractivity contribution is 0.00815. The lowest BCUT2D eigenvalue weighted by atomic mass is 9.74. The van der Waals surface area contributed by atoms with Gasteiger partial charge in [-0.2, -0.15) is 0 Å². The third-order valence-electron chi connectivity index (χ3n) is 4.55. The molecule has 92 valence electrons. The average Bonchev–Trinajstić information content (AvgIpc) is 2.39. The molecule has 2 aliphatic heterocycles. The van der Waals surface area contributed by atoms with Crippen molar-refractivity contribution in [3.8, 4) is 5.75 Å². The van der Waals surface area contributed by atoms with E-state index < -0.39 is 0 Å². The van der Waals surface area contributed by atoms with Crippen molar-refractivity contribution in [1.82, 2.24) is 4.90 Å². The standard InChI is InChI=1S/C15H21NO/c17-14-7-5-13(6-8-14)15-9-1-3-11-16(15)12-4-2-10-15/h5-8,17H,1-4,9-12H2. The van der Waals surface area contributed by atoms with Gasteiger partial charge in [-0.15, -0.1) is 0 Å². The van der Waals surface area contributed by atoms with Gasteiger partial charge in [0.2, 0.25) is 0 Å². The van der Waals surface area contributed by atoms with Crippen molar-refractivity contribution < 1.29 is 5.11 Å². The maximum atomic E-state index is 9.44. The summed E-state index contributed by atoms with van der Waals surface area (Å²) in [5.41, 5.74) is 1.69. The number of hydrogen-bond donors (Lipinski definition) is 1. The first-order valence-corrected chi connectivity index (χ1v) is 6.86. The predicted molar refractivity (Wildman–Crippen MR) is 69.1 cm³/mol. The van der Waals surface area contributed by atoms with Crippen LogP contribution in [0.1, 0.15) is 44.1 Å². The van der Waals surface area contributed by atoms with Crippen LogP contribution in [0.4, 0.5) is 0 Å². The Bertz CT molecular complexity index is 372. The first-order chi connectivity index (χ1) is 8.31. The second-order valence-electron chi connectivity index (χ2n) is 5.48. The topological polar surface area (TPSA) is 23.5 Å². The molecular weight excluding hydrogens is 210 g/mol. The SMILES string of the molecule is Oc1ccc(C23CCCCN2CCCC3)cc1. The summed E-state index contributed by atoms with van der Waals surface area (Å²) < 4.78 is 0. The maximum Gasteiger partial charge on any atom is 0.115 e. The highest BCUT2D eigenvalue weighted by Gasteiger charge is 2.41. The Labute approximate surface area is 103 Å². The number of hydrogen-bond acceptors (Lipinski definition) is 2. The second-order valence-corrected chi connectivity index (χ2v) is 5.48. The van der Waals surface area contributed by atoms with Crippen LogP contribution in [0.15, 0.2) is 24.3 Å². The molecule has 0 spiro atoms. The van der Waals surface area contributed by atoms with E-state index in [1.165, 1.54) is 57.2 Å². The zero-order valence-electron chi connectivity index (χ0n) is 10.4. The van der Waals surface area contributed by atoms with E-state index in [0.717, 1.165) is 0 Å². The van der Waals surface area contributed by atoms with Crippen molar-refractivity contribution in [3.05, 3.63) is 29.8 Å². The molecule has 2 heteroatoms. The fourth-order valence-corrected chi connectivity index (χ4v) is 3.66. The first kappa shape index (κ1) is 11.1. The number of piperidine rings is 2. The monoisotopic (exact) mass is 231 g/mol. The highest BCUT2D eigenvalue weighted by Crippen LogP contribution is 2.44. The summed E-state index contributed by atoms with van der Waals surface area (Å²) in [6.07, 6.45) is 7.96. The van der Waals surface area contributed by atoms with Gasteiger partial charge in [-0.25, -0.2) is 0 Å². The van der Waals surface area contributed by atoms with Gasteiger partial charge in [0, 0.05) is 5.54 Å². The molecule has 2 fully saturated rings. The molecule has 2 saturated heterocycles. The van der Waals surface area contributed by atoms with Crippen LogP contribution in [0.5, 0.6) is 5.75 Å². The minimum Gasteiger partial charge on any atom is -0.508 e. The summed E-state index contributed by atoms with van der Waals surface area (Å²) in [6, 6.07) is 7.93. The Morgan fingerprint density at radius 3 is 2.06 bits per heavy atom. The molecule has 0 atom stereocenters. The molecule has 0 bridgehead atoms. The largest absolute Gasteiger partial charge is 0.508 e. The zero-order valence-corrected chi connectivity index (χ0v) is 10.4. The summed E-state index contributed by atoms with van der Waals surface area (Å²) in [4.78, 5) is 2.69. The highest BCUT2D eigenvalue weighted by atomic mass is 16.3. The van der Waals surface area contributed by atoms with Gasteiger partial charge in [0.05, 0.1) is 0 Å². The normalized spacial score (nSPS) is 24.2. The van der Waals surface area contributed by atoms with Crippen LogP contribution >= 0.6 is 0 Å². The van der Waals surface area contributed by atoms with E-state index >= 15 is 0 Å². The van der Waals surface area contributed by atoms with Crippen molar-refractivity contribution in [1.29, 1.82) is 0 Å². The van der Waals surface area contributed by atoms with Gasteiger partial charge in [-0.05, 0) is 69.3 Å². The molecule has 1 aromatic rings. The van der Waals surface area contributed by atoms with Crippen molar-refractivity contribution in [3.63, 3.8) is 0 Å². The third kappa shape index (κ3) is 1.85. The molecule has 1 N–H and O–H groups in total. The Balaban J connectivity index is 1.97. The molecule has 2 heterocycles. The van der Waals surface area contributed by atoms with Crippen LogP contribution in [0.3, 0.4) is 0 Å². The summed E-state index contributed by atoms with van der Waals surface area (Å²) in [5, 5.41) is 9.44. The number of phenolic OH excluding ortho intramolecular Hbond substituents is 1. The number of rotatable bonds is 1. The van der Waals surface area contributed by atoms with Crippen molar-refractivity contribution in [2.75, 3.05) is 13.1 Å². The lowest BCUT2D eigenvalue weighted by Crippen LogP contribution is -2.52. The van der Waals surface area contributed by atoms with E-state index in [9.17, 15) is 5.11 Å². The van der Waals surface area contributed by atoms with Gasteiger partial charge in [0.15, 0.2) is 0 Å². The Kier molecular flexibility index (Phi) is 2.83. The summed E-state index contributed by atoms with van der Waals surface area (Å²) >= 11 is 0. The maximum absolute atomic E-state index is 9.44. The van der Waals surface area contributed by atoms with Crippen molar-refractivity contribution >= 4 is 0 Å². The summed E-state index contributed by atoms with van der Waals surface area (Å²) in [5.74, 6) is 0.378. The van der Waals surface area contributed by atoms with Crippen LogP contribution in [-0.2, 0) is 5.54 Å². The lowest BCUT2D eigenvalue weighted by Gasteiger charge is -2.51. The van der Waals surface area contributed by atoms with E-state index in [-0.39, 0.29) is 5.54 Å². The van der Waals surface area contributed by atoms with E-state index in [2.05, 4.69) is 17.0 Å². The minimum absolute atomic E-state index is 0.282. The molecule has 2 nitrogen and oxygen atoms in total. The highest BCUT2D eigenvalue weighted by molar-refractivity contribution is 5.32. The van der Waals surface area contributed by atoms with Gasteiger partial charge in [-0.3, -0.25) is 4.90 Å². The molecule has 0 radical (unpaired) electrons. The van der Waals surface area contributed by atoms with E-state index in [0.29, 0.717) is 5.75 Å². The predicted octanol–water partition coefficient (Wildman–Crippen LogP) is 3.26. The molecule has 0 amide bonds. The quantitative estimate of drug-likeness (QED) is 0.802. The van der Waals surface area contributed by atoms with Gasteiger partial charge < -0.3 is 5.11 Å². The van der Waals surface area contributed by atoms with Crippen LogP contribution in [0, 0.1) is 0 Å². The van der Waals surface area contributed by atoms with E-state index in [1.807, 2.05) is 12.1 Å². The van der Waals surface area contributed by atoms with Gasteiger partial charge >= 0.3 is 0 Å². The van der Waals surface area contributed by atoms with Gasteiger partial charge in [-0.1, -0.05) is 12.1 Å². The van der Waals surface area contributed by atoms with Crippen molar-refractivity contribution in [2.24, 2.45) is 0 Å². The minimum atomic E-state index is 0.282. The summed E-state index contributed by atoms with van der Waals surface area (Å²) in [6.45, 7) is 2.50. The van der Waals surface area contributed by atoms with E-state index in [4.69, 9.17) is 0 Å². The number of phenols is 1. The Hall–Kier alpha value is -1.02. The molecule has 0 aliphatic carbocycles. The molecule has 17 heavy (non-hydrogen) atoms. The molecule has 0 saturated carbocycles. The fraction of sp³-hybridized carbons (Fsp3) is 0.600. The molecule has 0 aromatic heterocycles. The van der Waals surface area contributed by atoms with Crippen LogP contribution in [-0.4, -0.2) is 23.1 Å². The van der Waals surface area contributed by atoms with Crippen LogP contribution in [0.2, 0.25) is 0 Å². The number of benzene rings is 1. The fourth-order valence-electron chi connectivity index (χ4n) is 3.66. The molecule has 3 rings (SSSR count). The molecule has 1 aromatic carbocycles. The van der Waals surface area contributed by atoms with E-state index in [1.54, 1.807) is 0 Å². The molecule has 2 aliphatic rings. The second kappa shape index (κ2) is 4.34. The zero-order chi connectivity index (χ0) is 11.7. The number of fused-ring (bicyclic) bond motifs is 1. The summed E-state index contributed by atoms with van der Waals surface area (Å²) in [7, 11) is 0. The average molecular weight is 231 g/mol. The van der Waals surface area contributed by atoms with Gasteiger partial charge in [0.25, 0.3) is 0 Å². The van der Waals surface area contributed by atoms with Gasteiger partial charge in [0.1, 0.15) is 5.75 Å². The third-order valence-corrected chi connectivity index (χ3v) is 4.55. The smallest absolute Gasteiger partial charge is 0.115 e. The molecule has 0 unspecified atom stereocenters. The Morgan fingerprint density at radius 2 is 1.47 bits per heavy atom.